The molecule has 1 aromatic carbocycles. The lowest BCUT2D eigenvalue weighted by molar-refractivity contribution is 0.0761. The lowest BCUT2D eigenvalue weighted by atomic mass is 9.97. The highest BCUT2D eigenvalue weighted by Gasteiger charge is 2.36. The molecule has 2 atom stereocenters. The number of hydrogen-bond donors (Lipinski definition) is 4. The molecule has 0 aliphatic carbocycles. The Labute approximate surface area is 205 Å². The molecular formula is C27H32N6O2. The van der Waals surface area contributed by atoms with E-state index in [2.05, 4.69) is 28.7 Å². The number of aromatic nitrogens is 2. The average Bonchev–Trinajstić information content (AvgIpc) is 3.00. The maximum Gasteiger partial charge on any atom is 0.320 e. The third-order valence-electron chi connectivity index (χ3n) is 6.36. The number of aromatic amines is 1. The minimum atomic E-state index is -0.689. The minimum absolute atomic E-state index is 0.125. The van der Waals surface area contributed by atoms with Gasteiger partial charge in [0.2, 0.25) is 0 Å². The second-order valence-electron chi connectivity index (χ2n) is 8.73. The molecule has 0 radical (unpaired) electrons. The van der Waals surface area contributed by atoms with E-state index >= 15 is 0 Å². The van der Waals surface area contributed by atoms with Crippen LogP contribution in [0.3, 0.4) is 0 Å². The van der Waals surface area contributed by atoms with Crippen molar-refractivity contribution in [3.8, 4) is 0 Å². The standard InChI is InChI=1S/C27H32N6O2/c1-3-7-19(4-2)15-24-25(34)11-13-32(17-20-9-10-23-22(14-20)26(28)31-30-23)27(35)33(24)18-21-8-5-6-12-29-16-21/h3-10,12,14,16,24-25,29,34H,1-2,11,13,15,17-18H2,(H3,28,30,31)/b19-7+/t24-,25?/m1/s1. The number of nitrogens with one attached hydrogen (secondary N) is 2. The highest BCUT2D eigenvalue weighted by molar-refractivity contribution is 5.89. The van der Waals surface area contributed by atoms with Gasteiger partial charge in [0.25, 0.3) is 0 Å². The van der Waals surface area contributed by atoms with Crippen molar-refractivity contribution < 1.29 is 9.90 Å². The number of aliphatic hydroxyl groups is 1. The number of amides is 2. The lowest BCUT2D eigenvalue weighted by Gasteiger charge is -2.35. The second-order valence-corrected chi connectivity index (χ2v) is 8.73. The molecule has 1 fully saturated rings. The normalized spacial score (nSPS) is 20.9. The molecule has 2 aromatic rings. The van der Waals surface area contributed by atoms with Crippen molar-refractivity contribution in [3.63, 3.8) is 0 Å². The summed E-state index contributed by atoms with van der Waals surface area (Å²) >= 11 is 0. The van der Waals surface area contributed by atoms with Gasteiger partial charge in [0, 0.05) is 37.4 Å². The number of hydrogen-bond acceptors (Lipinski definition) is 5. The molecule has 2 aliphatic heterocycles. The summed E-state index contributed by atoms with van der Waals surface area (Å²) in [5, 5.41) is 22.1. The van der Waals surface area contributed by atoms with Crippen LogP contribution in [-0.2, 0) is 6.54 Å². The number of allylic oxidation sites excluding steroid dienone is 5. The number of carbonyl (C=O) groups is 1. The lowest BCUT2D eigenvalue weighted by Crippen LogP contribution is -2.49. The zero-order valence-corrected chi connectivity index (χ0v) is 19.7. The first-order chi connectivity index (χ1) is 17.0. The molecular weight excluding hydrogens is 440 g/mol. The highest BCUT2D eigenvalue weighted by Crippen LogP contribution is 2.27. The Kier molecular flexibility index (Phi) is 7.52. The Morgan fingerprint density at radius 3 is 2.94 bits per heavy atom. The van der Waals surface area contributed by atoms with Gasteiger partial charge in [-0.15, -0.1) is 0 Å². The van der Waals surface area contributed by atoms with Gasteiger partial charge in [0.15, 0.2) is 5.82 Å². The van der Waals surface area contributed by atoms with Crippen molar-refractivity contribution >= 4 is 22.8 Å². The summed E-state index contributed by atoms with van der Waals surface area (Å²) in [5.41, 5.74) is 9.63. The summed E-state index contributed by atoms with van der Waals surface area (Å²) in [6, 6.07) is 5.31. The first-order valence-corrected chi connectivity index (χ1v) is 11.7. The Balaban J connectivity index is 1.64. The number of benzene rings is 1. The van der Waals surface area contributed by atoms with E-state index in [1.54, 1.807) is 22.0 Å². The Hall–Kier alpha value is -4.04. The van der Waals surface area contributed by atoms with E-state index in [0.29, 0.717) is 38.3 Å². The highest BCUT2D eigenvalue weighted by atomic mass is 16.3. The predicted molar refractivity (Wildman–Crippen MR) is 140 cm³/mol. The molecule has 5 N–H and O–H groups in total. The number of anilines is 1. The third kappa shape index (κ3) is 5.55. The fourth-order valence-electron chi connectivity index (χ4n) is 4.49. The van der Waals surface area contributed by atoms with Crippen LogP contribution in [0.5, 0.6) is 0 Å². The van der Waals surface area contributed by atoms with Crippen LogP contribution in [-0.4, -0.2) is 56.4 Å². The van der Waals surface area contributed by atoms with Gasteiger partial charge in [-0.05, 0) is 47.8 Å². The summed E-state index contributed by atoms with van der Waals surface area (Å²) < 4.78 is 0. The fraction of sp³-hybridized carbons (Fsp3) is 0.259. The van der Waals surface area contributed by atoms with E-state index in [9.17, 15) is 9.90 Å². The minimum Gasteiger partial charge on any atom is -0.391 e. The summed E-state index contributed by atoms with van der Waals surface area (Å²) in [5.74, 6) is 0.431. The molecule has 0 bridgehead atoms. The van der Waals surface area contributed by atoms with Crippen LogP contribution < -0.4 is 11.1 Å². The van der Waals surface area contributed by atoms with Gasteiger partial charge in [0.05, 0.1) is 17.7 Å². The van der Waals surface area contributed by atoms with Crippen molar-refractivity contribution in [2.24, 2.45) is 0 Å². The molecule has 182 valence electrons. The van der Waals surface area contributed by atoms with Crippen molar-refractivity contribution in [2.45, 2.75) is 31.5 Å². The molecule has 35 heavy (non-hydrogen) atoms. The predicted octanol–water partition coefficient (Wildman–Crippen LogP) is 3.75. The topological polar surface area (TPSA) is 111 Å². The maximum atomic E-state index is 13.9. The zero-order valence-electron chi connectivity index (χ0n) is 19.7. The summed E-state index contributed by atoms with van der Waals surface area (Å²) in [4.78, 5) is 17.5. The van der Waals surface area contributed by atoms with Crippen LogP contribution >= 0.6 is 0 Å². The Bertz CT molecular complexity index is 1220. The monoisotopic (exact) mass is 472 g/mol. The maximum absolute atomic E-state index is 13.9. The van der Waals surface area contributed by atoms with Gasteiger partial charge < -0.3 is 26.0 Å². The number of fused-ring (bicyclic) bond motifs is 1. The SMILES string of the molecule is C=C/C=C(\C=C)C[C@@H]1C(O)CCN(Cc2ccc3[nH]nc(N)c3c2)C(=O)N1CC1=CNC=CC=C1. The van der Waals surface area contributed by atoms with Crippen molar-refractivity contribution in [1.82, 2.24) is 25.3 Å². The van der Waals surface area contributed by atoms with E-state index < -0.39 is 12.1 Å². The smallest absolute Gasteiger partial charge is 0.320 e. The Morgan fingerprint density at radius 1 is 1.29 bits per heavy atom. The molecule has 3 heterocycles. The van der Waals surface area contributed by atoms with E-state index in [4.69, 9.17) is 5.73 Å². The van der Waals surface area contributed by atoms with Gasteiger partial charge in [-0.25, -0.2) is 4.79 Å². The Morgan fingerprint density at radius 2 is 2.14 bits per heavy atom. The first kappa shape index (κ1) is 24.1. The number of nitrogens with zero attached hydrogens (tertiary/aromatic N) is 3. The van der Waals surface area contributed by atoms with Crippen LogP contribution in [0, 0.1) is 0 Å². The largest absolute Gasteiger partial charge is 0.391 e. The van der Waals surface area contributed by atoms with Crippen LogP contribution in [0.1, 0.15) is 18.4 Å². The van der Waals surface area contributed by atoms with Crippen molar-refractivity contribution in [1.29, 1.82) is 0 Å². The van der Waals surface area contributed by atoms with Crippen molar-refractivity contribution in [3.05, 3.63) is 96.9 Å². The molecule has 0 spiro atoms. The summed E-state index contributed by atoms with van der Waals surface area (Å²) in [6.45, 7) is 8.87. The van der Waals surface area contributed by atoms with Crippen molar-refractivity contribution in [2.75, 3.05) is 18.8 Å². The van der Waals surface area contributed by atoms with Gasteiger partial charge in [0.1, 0.15) is 0 Å². The number of aliphatic hydroxyl groups excluding tert-OH is 1. The fourth-order valence-corrected chi connectivity index (χ4v) is 4.49. The number of carbonyl (C=O) groups excluding carboxylic acids is 1. The second kappa shape index (κ2) is 10.9. The summed E-state index contributed by atoms with van der Waals surface area (Å²) in [6.07, 6.45) is 15.1. The number of nitrogen functional groups attached to an aromatic ring is 1. The van der Waals surface area contributed by atoms with E-state index in [1.165, 1.54) is 0 Å². The number of nitrogens with two attached hydrogens (primary N) is 1. The number of urea groups is 1. The third-order valence-corrected chi connectivity index (χ3v) is 6.36. The molecule has 1 aromatic heterocycles. The van der Waals surface area contributed by atoms with Crippen LogP contribution in [0.25, 0.3) is 10.9 Å². The summed E-state index contributed by atoms with van der Waals surface area (Å²) in [7, 11) is 0. The molecule has 4 rings (SSSR count). The van der Waals surface area contributed by atoms with Gasteiger partial charge >= 0.3 is 6.03 Å². The quantitative estimate of drug-likeness (QED) is 0.438. The molecule has 2 aliphatic rings. The zero-order chi connectivity index (χ0) is 24.8. The van der Waals surface area contributed by atoms with E-state index in [-0.39, 0.29) is 6.03 Å². The average molecular weight is 473 g/mol. The van der Waals surface area contributed by atoms with Crippen LogP contribution in [0.2, 0.25) is 0 Å². The van der Waals surface area contributed by atoms with Crippen LogP contribution in [0.15, 0.2) is 91.4 Å². The number of H-pyrrole nitrogens is 1. The van der Waals surface area contributed by atoms with Gasteiger partial charge in [-0.1, -0.05) is 49.6 Å². The molecule has 8 heteroatoms. The van der Waals surface area contributed by atoms with E-state index in [1.807, 2.05) is 54.9 Å². The van der Waals surface area contributed by atoms with Gasteiger partial charge in [-0.3, -0.25) is 5.10 Å². The molecule has 1 unspecified atom stereocenters. The molecule has 2 amide bonds. The van der Waals surface area contributed by atoms with E-state index in [0.717, 1.165) is 27.6 Å². The molecule has 8 nitrogen and oxygen atoms in total. The molecule has 0 saturated carbocycles. The molecule has 1 saturated heterocycles. The van der Waals surface area contributed by atoms with Gasteiger partial charge in [-0.2, -0.15) is 5.10 Å². The first-order valence-electron chi connectivity index (χ1n) is 11.7. The van der Waals surface area contributed by atoms with Crippen LogP contribution in [0.4, 0.5) is 10.6 Å². The number of rotatable bonds is 8.